The number of aromatic nitrogens is 5. The average Bonchev–Trinajstić information content (AvgIpc) is 3.29. The van der Waals surface area contributed by atoms with Gasteiger partial charge in [-0.15, -0.1) is 0 Å². The second-order valence-electron chi connectivity index (χ2n) is 5.85. The molecular weight excluding hydrogens is 314 g/mol. The van der Waals surface area contributed by atoms with E-state index in [9.17, 15) is 0 Å². The molecule has 7 nitrogen and oxygen atoms in total. The monoisotopic (exact) mass is 333 g/mol. The van der Waals surface area contributed by atoms with E-state index in [1.165, 1.54) is 0 Å². The molecule has 0 aliphatic heterocycles. The Morgan fingerprint density at radius 1 is 1.28 bits per heavy atom. The Balaban J connectivity index is 1.85. The first kappa shape index (κ1) is 15.2. The van der Waals surface area contributed by atoms with E-state index in [1.807, 2.05) is 30.5 Å². The predicted molar refractivity (Wildman–Crippen MR) is 99.7 cm³/mol. The van der Waals surface area contributed by atoms with Crippen molar-refractivity contribution < 1.29 is 0 Å². The minimum absolute atomic E-state index is 0.449. The molecule has 4 N–H and O–H groups in total. The lowest BCUT2D eigenvalue weighted by molar-refractivity contribution is 0.382. The van der Waals surface area contributed by atoms with Gasteiger partial charge in [-0.25, -0.2) is 9.97 Å². The molecule has 0 saturated heterocycles. The zero-order chi connectivity index (χ0) is 17.4. The smallest absolute Gasteiger partial charge is 0.150 e. The minimum atomic E-state index is 0.449. The number of nitrogen functional groups attached to an aromatic ring is 1. The van der Waals surface area contributed by atoms with Crippen LogP contribution in [0.2, 0.25) is 0 Å². The van der Waals surface area contributed by atoms with Crippen molar-refractivity contribution in [3.05, 3.63) is 49.1 Å². The van der Waals surface area contributed by atoms with Crippen LogP contribution in [-0.4, -0.2) is 36.6 Å². The van der Waals surface area contributed by atoms with Crippen molar-refractivity contribution in [2.45, 2.75) is 13.5 Å². The summed E-state index contributed by atoms with van der Waals surface area (Å²) in [7, 11) is 0. The molecule has 126 valence electrons. The molecule has 0 aliphatic rings. The molecule has 0 radical (unpaired) electrons. The number of fused-ring (bicyclic) bond motifs is 3. The highest BCUT2D eigenvalue weighted by molar-refractivity contribution is 6.06. The highest BCUT2D eigenvalue weighted by atomic mass is 15.1. The number of nitrogens with one attached hydrogen (secondary N) is 2. The Bertz CT molecular complexity index is 1050. The van der Waals surface area contributed by atoms with E-state index < -0.39 is 0 Å². The van der Waals surface area contributed by atoms with Gasteiger partial charge in [-0.2, -0.15) is 5.10 Å². The SMILES string of the molecule is C=CN(CC)Cc1nc2c([nH]1)c(N)nc1cc(-c3ccn[nH]3)ccc12. The lowest BCUT2D eigenvalue weighted by atomic mass is 10.1. The largest absolute Gasteiger partial charge is 0.382 e. The molecule has 0 unspecified atom stereocenters. The average molecular weight is 333 g/mol. The van der Waals surface area contributed by atoms with Gasteiger partial charge in [-0.05, 0) is 31.3 Å². The normalized spacial score (nSPS) is 11.2. The molecule has 4 aromatic rings. The molecule has 0 amide bonds. The van der Waals surface area contributed by atoms with Gasteiger partial charge in [0.05, 0.1) is 17.8 Å². The van der Waals surface area contributed by atoms with Crippen LogP contribution in [0.5, 0.6) is 0 Å². The number of imidazole rings is 1. The number of anilines is 1. The molecule has 0 spiro atoms. The summed E-state index contributed by atoms with van der Waals surface area (Å²) in [4.78, 5) is 14.7. The lowest BCUT2D eigenvalue weighted by Gasteiger charge is -2.15. The third kappa shape index (κ3) is 2.59. The molecule has 7 heteroatoms. The maximum Gasteiger partial charge on any atom is 0.150 e. The molecule has 0 bridgehead atoms. The van der Waals surface area contributed by atoms with Crippen molar-refractivity contribution >= 4 is 27.8 Å². The molecule has 25 heavy (non-hydrogen) atoms. The summed E-state index contributed by atoms with van der Waals surface area (Å²) in [6, 6.07) is 7.97. The maximum atomic E-state index is 6.16. The zero-order valence-electron chi connectivity index (χ0n) is 14.0. The van der Waals surface area contributed by atoms with Crippen molar-refractivity contribution in [3.63, 3.8) is 0 Å². The van der Waals surface area contributed by atoms with E-state index in [1.54, 1.807) is 6.20 Å². The van der Waals surface area contributed by atoms with Gasteiger partial charge in [-0.1, -0.05) is 12.6 Å². The van der Waals surface area contributed by atoms with Gasteiger partial charge in [0.15, 0.2) is 0 Å². The summed E-state index contributed by atoms with van der Waals surface area (Å²) in [5, 5.41) is 7.92. The fraction of sp³-hybridized carbons (Fsp3) is 0.167. The summed E-state index contributed by atoms with van der Waals surface area (Å²) >= 11 is 0. The lowest BCUT2D eigenvalue weighted by Crippen LogP contribution is -2.16. The second-order valence-corrected chi connectivity index (χ2v) is 5.85. The van der Waals surface area contributed by atoms with Gasteiger partial charge >= 0.3 is 0 Å². The topological polar surface area (TPSA) is 99.5 Å². The Hall–Kier alpha value is -3.35. The van der Waals surface area contributed by atoms with Crippen molar-refractivity contribution in [2.24, 2.45) is 0 Å². The Morgan fingerprint density at radius 3 is 2.88 bits per heavy atom. The van der Waals surface area contributed by atoms with E-state index >= 15 is 0 Å². The molecule has 1 aromatic carbocycles. The van der Waals surface area contributed by atoms with Crippen LogP contribution in [0.25, 0.3) is 33.2 Å². The molecule has 4 rings (SSSR count). The summed E-state index contributed by atoms with van der Waals surface area (Å²) in [5.74, 6) is 1.29. The van der Waals surface area contributed by atoms with Crippen LogP contribution < -0.4 is 5.73 Å². The predicted octanol–water partition coefficient (Wildman–Crippen LogP) is 3.05. The van der Waals surface area contributed by atoms with Crippen molar-refractivity contribution in [3.8, 4) is 11.3 Å². The number of hydrogen-bond acceptors (Lipinski definition) is 5. The van der Waals surface area contributed by atoms with Crippen LogP contribution in [0.3, 0.4) is 0 Å². The number of H-pyrrole nitrogens is 2. The summed E-state index contributed by atoms with van der Waals surface area (Å²) < 4.78 is 0. The van der Waals surface area contributed by atoms with Gasteiger partial charge in [0.1, 0.15) is 22.7 Å². The second kappa shape index (κ2) is 5.94. The van der Waals surface area contributed by atoms with Crippen LogP contribution in [0.1, 0.15) is 12.7 Å². The highest BCUT2D eigenvalue weighted by Crippen LogP contribution is 2.29. The first-order valence-electron chi connectivity index (χ1n) is 8.13. The molecule has 0 atom stereocenters. The third-order valence-electron chi connectivity index (χ3n) is 4.33. The van der Waals surface area contributed by atoms with E-state index in [0.29, 0.717) is 12.4 Å². The maximum absolute atomic E-state index is 6.16. The van der Waals surface area contributed by atoms with E-state index in [0.717, 1.165) is 45.6 Å². The minimum Gasteiger partial charge on any atom is -0.382 e. The van der Waals surface area contributed by atoms with Gasteiger partial charge < -0.3 is 15.6 Å². The van der Waals surface area contributed by atoms with Crippen LogP contribution >= 0.6 is 0 Å². The van der Waals surface area contributed by atoms with Gasteiger partial charge in [0.25, 0.3) is 0 Å². The summed E-state index contributed by atoms with van der Waals surface area (Å²) in [5.41, 5.74) is 10.5. The third-order valence-corrected chi connectivity index (χ3v) is 4.33. The van der Waals surface area contributed by atoms with Crippen LogP contribution in [0.15, 0.2) is 43.2 Å². The molecule has 0 aliphatic carbocycles. The molecular formula is C18H19N7. The quantitative estimate of drug-likeness (QED) is 0.521. The molecule has 3 aromatic heterocycles. The van der Waals surface area contributed by atoms with Crippen LogP contribution in [0, 0.1) is 0 Å². The van der Waals surface area contributed by atoms with E-state index in [4.69, 9.17) is 10.7 Å². The highest BCUT2D eigenvalue weighted by Gasteiger charge is 2.13. The number of nitrogens with zero attached hydrogens (tertiary/aromatic N) is 4. The fourth-order valence-electron chi connectivity index (χ4n) is 2.97. The van der Waals surface area contributed by atoms with Crippen molar-refractivity contribution in [2.75, 3.05) is 12.3 Å². The van der Waals surface area contributed by atoms with Crippen LogP contribution in [0.4, 0.5) is 5.82 Å². The van der Waals surface area contributed by atoms with Crippen LogP contribution in [-0.2, 0) is 6.54 Å². The van der Waals surface area contributed by atoms with Gasteiger partial charge in [0, 0.05) is 23.7 Å². The molecule has 0 saturated carbocycles. The van der Waals surface area contributed by atoms with E-state index in [2.05, 4.69) is 38.6 Å². The number of pyridine rings is 1. The Kier molecular flexibility index (Phi) is 3.61. The molecule has 3 heterocycles. The number of benzene rings is 1. The van der Waals surface area contributed by atoms with Crippen molar-refractivity contribution in [1.82, 2.24) is 30.0 Å². The summed E-state index contributed by atoms with van der Waals surface area (Å²) in [6.45, 7) is 7.42. The zero-order valence-corrected chi connectivity index (χ0v) is 14.0. The number of hydrogen-bond donors (Lipinski definition) is 3. The Labute approximate surface area is 144 Å². The van der Waals surface area contributed by atoms with E-state index in [-0.39, 0.29) is 0 Å². The van der Waals surface area contributed by atoms with Crippen molar-refractivity contribution in [1.29, 1.82) is 0 Å². The number of aromatic amines is 2. The fourth-order valence-corrected chi connectivity index (χ4v) is 2.97. The number of nitrogens with two attached hydrogens (primary N) is 1. The molecule has 0 fully saturated rings. The summed E-state index contributed by atoms with van der Waals surface area (Å²) in [6.07, 6.45) is 3.53. The first-order chi connectivity index (χ1) is 12.2. The first-order valence-corrected chi connectivity index (χ1v) is 8.13. The number of rotatable bonds is 5. The van der Waals surface area contributed by atoms with Gasteiger partial charge in [0.2, 0.25) is 0 Å². The Morgan fingerprint density at radius 2 is 2.16 bits per heavy atom. The van der Waals surface area contributed by atoms with Gasteiger partial charge in [-0.3, -0.25) is 5.10 Å². The standard InChI is InChI=1S/C18H19N7/c1-3-25(4-2)10-15-22-16-12-6-5-11(13-7-8-20-24-13)9-14(12)21-18(19)17(16)23-15/h3,5-9H,1,4,10H2,2H3,(H2,19,21)(H,20,24)(H,22,23).